The first-order valence-electron chi connectivity index (χ1n) is 5.74. The summed E-state index contributed by atoms with van der Waals surface area (Å²) in [7, 11) is -0.538. The second-order valence-electron chi connectivity index (χ2n) is 5.42. The zero-order valence-corrected chi connectivity index (χ0v) is 11.7. The Kier molecular flexibility index (Phi) is 3.08. The van der Waals surface area contributed by atoms with E-state index in [2.05, 4.69) is 20.8 Å². The molecule has 0 spiro atoms. The SMILES string of the molecule is CC(C)(C)c1ccc2c(O)c(O)c([Si]O)cc2c1. The first-order chi connectivity index (χ1) is 8.34. The average Bonchev–Trinajstić information content (AvgIpc) is 2.32. The first-order valence-corrected chi connectivity index (χ1v) is 6.68. The molecule has 0 fully saturated rings. The Morgan fingerprint density at radius 2 is 1.67 bits per heavy atom. The number of phenolic OH excluding ortho intramolecular Hbond substituents is 2. The van der Waals surface area contributed by atoms with Crippen molar-refractivity contribution >= 4 is 25.7 Å². The third-order valence-electron chi connectivity index (χ3n) is 3.07. The Labute approximate surface area is 109 Å². The third-order valence-corrected chi connectivity index (χ3v) is 3.69. The van der Waals surface area contributed by atoms with Crippen LogP contribution in [0, 0.1) is 0 Å². The van der Waals surface area contributed by atoms with E-state index < -0.39 is 9.76 Å². The minimum atomic E-state index is -0.538. The molecule has 2 radical (unpaired) electrons. The van der Waals surface area contributed by atoms with E-state index in [1.54, 1.807) is 12.1 Å². The van der Waals surface area contributed by atoms with Gasteiger partial charge in [0.1, 0.15) is 0 Å². The van der Waals surface area contributed by atoms with E-state index in [0.717, 1.165) is 10.9 Å². The third kappa shape index (κ3) is 2.09. The summed E-state index contributed by atoms with van der Waals surface area (Å²) >= 11 is 0. The van der Waals surface area contributed by atoms with Gasteiger partial charge in [-0.2, -0.15) is 0 Å². The summed E-state index contributed by atoms with van der Waals surface area (Å²) in [6.45, 7) is 6.34. The number of phenols is 2. The summed E-state index contributed by atoms with van der Waals surface area (Å²) in [5, 5.41) is 21.4. The van der Waals surface area contributed by atoms with E-state index in [4.69, 9.17) is 0 Å². The highest BCUT2D eigenvalue weighted by Gasteiger charge is 2.17. The van der Waals surface area contributed by atoms with Crippen molar-refractivity contribution in [3.05, 3.63) is 29.8 Å². The zero-order chi connectivity index (χ0) is 13.5. The highest BCUT2D eigenvalue weighted by Crippen LogP contribution is 2.34. The van der Waals surface area contributed by atoms with E-state index in [1.807, 2.05) is 12.1 Å². The molecule has 0 saturated carbocycles. The van der Waals surface area contributed by atoms with Crippen LogP contribution in [0.1, 0.15) is 26.3 Å². The number of hydrogen-bond donors (Lipinski definition) is 3. The molecule has 0 amide bonds. The molecule has 0 atom stereocenters. The maximum absolute atomic E-state index is 9.91. The van der Waals surface area contributed by atoms with Gasteiger partial charge in [-0.3, -0.25) is 0 Å². The van der Waals surface area contributed by atoms with Crippen LogP contribution in [0.3, 0.4) is 0 Å². The molecule has 0 aromatic heterocycles. The fourth-order valence-corrected chi connectivity index (χ4v) is 2.37. The highest BCUT2D eigenvalue weighted by molar-refractivity contribution is 6.47. The summed E-state index contributed by atoms with van der Waals surface area (Å²) < 4.78 is 0. The van der Waals surface area contributed by atoms with Crippen LogP contribution in [0.15, 0.2) is 24.3 Å². The van der Waals surface area contributed by atoms with Crippen LogP contribution in [-0.2, 0) is 5.41 Å². The summed E-state index contributed by atoms with van der Waals surface area (Å²) in [5.41, 5.74) is 1.16. The number of fused-ring (bicyclic) bond motifs is 1. The van der Waals surface area contributed by atoms with Crippen molar-refractivity contribution in [1.29, 1.82) is 0 Å². The van der Waals surface area contributed by atoms with E-state index in [9.17, 15) is 15.0 Å². The van der Waals surface area contributed by atoms with Crippen molar-refractivity contribution in [2.24, 2.45) is 0 Å². The first kappa shape index (κ1) is 12.9. The van der Waals surface area contributed by atoms with Gasteiger partial charge in [0.2, 0.25) is 0 Å². The monoisotopic (exact) mass is 260 g/mol. The van der Waals surface area contributed by atoms with Crippen LogP contribution >= 0.6 is 0 Å². The van der Waals surface area contributed by atoms with Crippen molar-refractivity contribution in [3.63, 3.8) is 0 Å². The molecule has 4 heteroatoms. The van der Waals surface area contributed by atoms with Gasteiger partial charge in [-0.25, -0.2) is 0 Å². The van der Waals surface area contributed by atoms with Crippen LogP contribution in [0.25, 0.3) is 10.8 Å². The van der Waals surface area contributed by atoms with Gasteiger partial charge in [-0.05, 0) is 22.4 Å². The molecule has 2 aromatic carbocycles. The molecular formula is C14H16O3Si. The second-order valence-corrected chi connectivity index (χ2v) is 6.18. The van der Waals surface area contributed by atoms with E-state index in [-0.39, 0.29) is 16.9 Å². The van der Waals surface area contributed by atoms with Gasteiger partial charge >= 0.3 is 0 Å². The lowest BCUT2D eigenvalue weighted by Gasteiger charge is -2.20. The minimum absolute atomic E-state index is 0.0172. The van der Waals surface area contributed by atoms with E-state index in [1.165, 1.54) is 0 Å². The summed E-state index contributed by atoms with van der Waals surface area (Å²) in [6.07, 6.45) is 0. The molecule has 0 bridgehead atoms. The normalized spacial score (nSPS) is 12.0. The summed E-state index contributed by atoms with van der Waals surface area (Å²) in [6, 6.07) is 7.45. The maximum atomic E-state index is 9.91. The van der Waals surface area contributed by atoms with Crippen molar-refractivity contribution in [1.82, 2.24) is 0 Å². The highest BCUT2D eigenvalue weighted by atomic mass is 28.2. The quantitative estimate of drug-likeness (QED) is 0.541. The van der Waals surface area contributed by atoms with Crippen molar-refractivity contribution in [2.75, 3.05) is 0 Å². The van der Waals surface area contributed by atoms with E-state index >= 15 is 0 Å². The van der Waals surface area contributed by atoms with Crippen LogP contribution in [0.2, 0.25) is 0 Å². The molecule has 2 rings (SSSR count). The van der Waals surface area contributed by atoms with Gasteiger partial charge < -0.3 is 15.0 Å². The van der Waals surface area contributed by atoms with Crippen LogP contribution in [0.5, 0.6) is 11.5 Å². The smallest absolute Gasteiger partial charge is 0.269 e. The maximum Gasteiger partial charge on any atom is 0.269 e. The predicted molar refractivity (Wildman–Crippen MR) is 73.6 cm³/mol. The Balaban J connectivity index is 2.74. The molecule has 0 aliphatic carbocycles. The lowest BCUT2D eigenvalue weighted by molar-refractivity contribution is 0.410. The Hall–Kier alpha value is -1.52. The lowest BCUT2D eigenvalue weighted by atomic mass is 9.86. The molecule has 94 valence electrons. The van der Waals surface area contributed by atoms with Crippen molar-refractivity contribution < 1.29 is 15.0 Å². The molecule has 18 heavy (non-hydrogen) atoms. The zero-order valence-electron chi connectivity index (χ0n) is 10.7. The second kappa shape index (κ2) is 4.30. The predicted octanol–water partition coefficient (Wildman–Crippen LogP) is 1.79. The van der Waals surface area contributed by atoms with Gasteiger partial charge in [0.15, 0.2) is 11.5 Å². The van der Waals surface area contributed by atoms with Crippen molar-refractivity contribution in [2.45, 2.75) is 26.2 Å². The molecule has 2 aromatic rings. The van der Waals surface area contributed by atoms with Gasteiger partial charge in [0.05, 0.1) is 0 Å². The Morgan fingerprint density at radius 1 is 1.00 bits per heavy atom. The van der Waals surface area contributed by atoms with Crippen molar-refractivity contribution in [3.8, 4) is 11.5 Å². The molecule has 0 aliphatic heterocycles. The molecule has 3 nitrogen and oxygen atoms in total. The van der Waals surface area contributed by atoms with Crippen LogP contribution in [0.4, 0.5) is 0 Å². The molecule has 3 N–H and O–H groups in total. The minimum Gasteiger partial charge on any atom is -0.504 e. The topological polar surface area (TPSA) is 60.7 Å². The molecular weight excluding hydrogens is 244 g/mol. The van der Waals surface area contributed by atoms with Crippen LogP contribution in [-0.4, -0.2) is 24.8 Å². The molecule has 0 heterocycles. The van der Waals surface area contributed by atoms with Gasteiger partial charge in [-0.1, -0.05) is 39.0 Å². The molecule has 0 unspecified atom stereocenters. The van der Waals surface area contributed by atoms with Crippen LogP contribution < -0.4 is 5.19 Å². The summed E-state index contributed by atoms with van der Waals surface area (Å²) in [5.74, 6) is -0.392. The average molecular weight is 260 g/mol. The Morgan fingerprint density at radius 3 is 2.22 bits per heavy atom. The van der Waals surface area contributed by atoms with Gasteiger partial charge in [0.25, 0.3) is 9.76 Å². The fraction of sp³-hybridized carbons (Fsp3) is 0.286. The van der Waals surface area contributed by atoms with Gasteiger partial charge in [0, 0.05) is 10.6 Å². The number of aromatic hydroxyl groups is 2. The summed E-state index contributed by atoms with van der Waals surface area (Å²) in [4.78, 5) is 9.19. The molecule has 0 aliphatic rings. The van der Waals surface area contributed by atoms with E-state index in [0.29, 0.717) is 10.6 Å². The number of benzene rings is 2. The Bertz CT molecular complexity index is 600. The lowest BCUT2D eigenvalue weighted by Crippen LogP contribution is -2.14. The standard InChI is InChI=1S/C14H16O3Si/c1-14(2,3)9-4-5-10-8(6-9)7-11(18-17)13(16)12(10)15/h4-7,15-17H,1-3H3. The fourth-order valence-electron chi connectivity index (χ4n) is 1.93. The van der Waals surface area contributed by atoms with Gasteiger partial charge in [-0.15, -0.1) is 0 Å². The largest absolute Gasteiger partial charge is 0.504 e. The molecule has 0 saturated heterocycles. The number of hydrogen-bond acceptors (Lipinski definition) is 3. The number of rotatable bonds is 1.